The molecule has 2 rings (SSSR count). The molecule has 1 unspecified atom stereocenters. The summed E-state index contributed by atoms with van der Waals surface area (Å²) in [6.07, 6.45) is 5.28. The Morgan fingerprint density at radius 3 is 2.85 bits per heavy atom. The van der Waals surface area contributed by atoms with Crippen molar-refractivity contribution in [1.29, 1.82) is 0 Å². The fraction of sp³-hybridized carbons (Fsp3) is 0.933. The highest BCUT2D eigenvalue weighted by molar-refractivity contribution is 5.76. The second-order valence-corrected chi connectivity index (χ2v) is 6.03. The smallest absolute Gasteiger partial charge is 0.224 e. The molecule has 1 amide bonds. The summed E-state index contributed by atoms with van der Waals surface area (Å²) >= 11 is 0. The average Bonchev–Trinajstić information content (AvgIpc) is 2.46. The minimum absolute atomic E-state index is 0.0455. The van der Waals surface area contributed by atoms with Crippen molar-refractivity contribution in [3.05, 3.63) is 0 Å². The molecule has 0 aromatic heterocycles. The van der Waals surface area contributed by atoms with Gasteiger partial charge in [-0.05, 0) is 38.0 Å². The molecule has 0 aromatic rings. The molecular weight excluding hydrogens is 258 g/mol. The van der Waals surface area contributed by atoms with Crippen LogP contribution in [0, 0.1) is 5.92 Å². The fourth-order valence-electron chi connectivity index (χ4n) is 3.42. The Labute approximate surface area is 121 Å². The molecule has 0 bridgehead atoms. The molecule has 5 heteroatoms. The monoisotopic (exact) mass is 285 g/mol. The van der Waals surface area contributed by atoms with Crippen LogP contribution in [0.3, 0.4) is 0 Å². The zero-order chi connectivity index (χ0) is 14.4. The molecule has 2 fully saturated rings. The Hall–Kier alpha value is -0.650. The summed E-state index contributed by atoms with van der Waals surface area (Å²) in [4.78, 5) is 13.9. The molecule has 0 radical (unpaired) electrons. The number of aliphatic hydroxyl groups is 1. The van der Waals surface area contributed by atoms with E-state index in [1.54, 1.807) is 7.11 Å². The lowest BCUT2D eigenvalue weighted by Gasteiger charge is -2.46. The summed E-state index contributed by atoms with van der Waals surface area (Å²) in [5.41, 5.74) is -0.0455. The van der Waals surface area contributed by atoms with Crippen molar-refractivity contribution in [2.45, 2.75) is 44.1 Å². The van der Waals surface area contributed by atoms with Gasteiger partial charge in [0.25, 0.3) is 0 Å². The first-order chi connectivity index (χ1) is 9.69. The van der Waals surface area contributed by atoms with Gasteiger partial charge in [-0.25, -0.2) is 0 Å². The first kappa shape index (κ1) is 15.7. The van der Waals surface area contributed by atoms with Crippen LogP contribution in [0.2, 0.25) is 0 Å². The van der Waals surface area contributed by atoms with E-state index in [0.717, 1.165) is 51.8 Å². The highest BCUT2D eigenvalue weighted by Crippen LogP contribution is 2.38. The van der Waals surface area contributed by atoms with Crippen LogP contribution in [0.15, 0.2) is 0 Å². The molecule has 2 heterocycles. The van der Waals surface area contributed by atoms with Crippen LogP contribution in [-0.4, -0.2) is 61.5 Å². The number of hydrogen-bond donors (Lipinski definition) is 1. The van der Waals surface area contributed by atoms with Crippen LogP contribution < -0.4 is 0 Å². The summed E-state index contributed by atoms with van der Waals surface area (Å²) in [5.74, 6) is 0.758. The van der Waals surface area contributed by atoms with Gasteiger partial charge in [-0.15, -0.1) is 0 Å². The Balaban J connectivity index is 1.82. The number of rotatable bonds is 5. The topological polar surface area (TPSA) is 59.0 Å². The molecule has 20 heavy (non-hydrogen) atoms. The standard InChI is InChI=1S/C15H27NO4/c1-19-10-4-14(18)16-7-5-15(6-8-16)12-13(2-9-17)3-11-20-15/h13,17H,2-12H2,1H3. The van der Waals surface area contributed by atoms with Crippen molar-refractivity contribution < 1.29 is 19.4 Å². The number of aliphatic hydroxyl groups excluding tert-OH is 1. The van der Waals surface area contributed by atoms with E-state index in [1.807, 2.05) is 4.90 Å². The normalized spacial score (nSPS) is 25.9. The summed E-state index contributed by atoms with van der Waals surface area (Å²) < 4.78 is 11.0. The number of methoxy groups -OCH3 is 1. The molecule has 2 aliphatic rings. The van der Waals surface area contributed by atoms with Crippen molar-refractivity contribution >= 4 is 5.91 Å². The molecule has 2 saturated heterocycles. The van der Waals surface area contributed by atoms with Gasteiger partial charge < -0.3 is 19.5 Å². The molecule has 1 N–H and O–H groups in total. The first-order valence-electron chi connectivity index (χ1n) is 7.71. The maximum atomic E-state index is 12.0. The van der Waals surface area contributed by atoms with E-state index in [9.17, 15) is 4.79 Å². The SMILES string of the molecule is COCCC(=O)N1CCC2(CC1)CC(CCO)CCO2. The van der Waals surface area contributed by atoms with Gasteiger partial charge in [0, 0.05) is 33.4 Å². The van der Waals surface area contributed by atoms with Crippen LogP contribution in [-0.2, 0) is 14.3 Å². The zero-order valence-corrected chi connectivity index (χ0v) is 12.5. The second kappa shape index (κ2) is 7.38. The number of carbonyl (C=O) groups is 1. The van der Waals surface area contributed by atoms with Gasteiger partial charge >= 0.3 is 0 Å². The second-order valence-electron chi connectivity index (χ2n) is 6.03. The third-order valence-corrected chi connectivity index (χ3v) is 4.68. The minimum atomic E-state index is -0.0455. The highest BCUT2D eigenvalue weighted by atomic mass is 16.5. The van der Waals surface area contributed by atoms with E-state index in [1.165, 1.54) is 0 Å². The Morgan fingerprint density at radius 1 is 1.45 bits per heavy atom. The van der Waals surface area contributed by atoms with Crippen LogP contribution in [0.1, 0.15) is 38.5 Å². The number of hydrogen-bond acceptors (Lipinski definition) is 4. The van der Waals surface area contributed by atoms with Crippen LogP contribution in [0.5, 0.6) is 0 Å². The molecule has 0 aromatic carbocycles. The van der Waals surface area contributed by atoms with Crippen molar-refractivity contribution in [3.63, 3.8) is 0 Å². The third-order valence-electron chi connectivity index (χ3n) is 4.68. The fourth-order valence-corrected chi connectivity index (χ4v) is 3.42. The molecule has 1 spiro atoms. The number of ether oxygens (including phenoxy) is 2. The van der Waals surface area contributed by atoms with Crippen molar-refractivity contribution in [2.24, 2.45) is 5.92 Å². The zero-order valence-electron chi connectivity index (χ0n) is 12.5. The number of piperidine rings is 1. The van der Waals surface area contributed by atoms with E-state index >= 15 is 0 Å². The average molecular weight is 285 g/mol. The molecular formula is C15H27NO4. The van der Waals surface area contributed by atoms with E-state index in [-0.39, 0.29) is 18.1 Å². The summed E-state index contributed by atoms with van der Waals surface area (Å²) in [6.45, 7) is 3.13. The van der Waals surface area contributed by atoms with Crippen LogP contribution in [0.4, 0.5) is 0 Å². The van der Waals surface area contributed by atoms with Gasteiger partial charge in [-0.3, -0.25) is 4.79 Å². The van der Waals surface area contributed by atoms with Gasteiger partial charge in [0.15, 0.2) is 0 Å². The Morgan fingerprint density at radius 2 is 2.20 bits per heavy atom. The number of likely N-dealkylation sites (tertiary alicyclic amines) is 1. The predicted molar refractivity (Wildman–Crippen MR) is 75.4 cm³/mol. The third kappa shape index (κ3) is 3.93. The molecule has 0 saturated carbocycles. The van der Waals surface area contributed by atoms with E-state index in [4.69, 9.17) is 14.6 Å². The Bertz CT molecular complexity index is 311. The maximum Gasteiger partial charge on any atom is 0.224 e. The lowest BCUT2D eigenvalue weighted by molar-refractivity contribution is -0.148. The lowest BCUT2D eigenvalue weighted by atomic mass is 9.78. The summed E-state index contributed by atoms with van der Waals surface area (Å²) in [5, 5.41) is 9.10. The molecule has 1 atom stereocenters. The van der Waals surface area contributed by atoms with Crippen molar-refractivity contribution in [1.82, 2.24) is 4.90 Å². The number of nitrogens with zero attached hydrogens (tertiary/aromatic N) is 1. The van der Waals surface area contributed by atoms with Crippen molar-refractivity contribution in [3.8, 4) is 0 Å². The van der Waals surface area contributed by atoms with E-state index < -0.39 is 0 Å². The maximum absolute atomic E-state index is 12.0. The van der Waals surface area contributed by atoms with Gasteiger partial charge in [-0.2, -0.15) is 0 Å². The van der Waals surface area contributed by atoms with Gasteiger partial charge in [0.1, 0.15) is 0 Å². The van der Waals surface area contributed by atoms with Gasteiger partial charge in [0.2, 0.25) is 5.91 Å². The quantitative estimate of drug-likeness (QED) is 0.824. The predicted octanol–water partition coefficient (Wildman–Crippen LogP) is 1.19. The largest absolute Gasteiger partial charge is 0.396 e. The van der Waals surface area contributed by atoms with E-state index in [2.05, 4.69) is 0 Å². The van der Waals surface area contributed by atoms with Crippen LogP contribution in [0.25, 0.3) is 0 Å². The van der Waals surface area contributed by atoms with Crippen LogP contribution >= 0.6 is 0 Å². The molecule has 2 aliphatic heterocycles. The lowest BCUT2D eigenvalue weighted by Crippen LogP contribution is -2.51. The van der Waals surface area contributed by atoms with Crippen molar-refractivity contribution in [2.75, 3.05) is 40.0 Å². The first-order valence-corrected chi connectivity index (χ1v) is 7.71. The molecule has 116 valence electrons. The number of amides is 1. The van der Waals surface area contributed by atoms with E-state index in [0.29, 0.717) is 18.9 Å². The number of carbonyl (C=O) groups excluding carboxylic acids is 1. The Kier molecular flexibility index (Phi) is 5.81. The molecule has 5 nitrogen and oxygen atoms in total. The minimum Gasteiger partial charge on any atom is -0.396 e. The van der Waals surface area contributed by atoms with Gasteiger partial charge in [-0.1, -0.05) is 0 Å². The summed E-state index contributed by atoms with van der Waals surface area (Å²) in [6, 6.07) is 0. The van der Waals surface area contributed by atoms with Gasteiger partial charge in [0.05, 0.1) is 18.6 Å². The summed E-state index contributed by atoms with van der Waals surface area (Å²) in [7, 11) is 1.62. The molecule has 0 aliphatic carbocycles. The highest BCUT2D eigenvalue weighted by Gasteiger charge is 2.40.